The van der Waals surface area contributed by atoms with Crippen molar-refractivity contribution >= 4 is 5.78 Å². The highest BCUT2D eigenvalue weighted by atomic mass is 16.5. The van der Waals surface area contributed by atoms with Crippen molar-refractivity contribution in [2.24, 2.45) is 0 Å². The van der Waals surface area contributed by atoms with Crippen molar-refractivity contribution in [2.45, 2.75) is 45.3 Å². The van der Waals surface area contributed by atoms with Gasteiger partial charge >= 0.3 is 0 Å². The summed E-state index contributed by atoms with van der Waals surface area (Å²) in [5.41, 5.74) is -0.143. The van der Waals surface area contributed by atoms with Crippen LogP contribution in [0.15, 0.2) is 18.5 Å². The quantitative estimate of drug-likeness (QED) is 0.770. The third kappa shape index (κ3) is 2.70. The number of aromatic nitrogens is 1. The molecule has 18 heavy (non-hydrogen) atoms. The molecule has 4 nitrogen and oxygen atoms in total. The van der Waals surface area contributed by atoms with Crippen LogP contribution in [0.2, 0.25) is 0 Å². The number of hydrogen-bond acceptors (Lipinski definition) is 4. The number of ketones is 1. The first-order valence-electron chi connectivity index (χ1n) is 6.32. The van der Waals surface area contributed by atoms with E-state index in [9.17, 15) is 4.79 Å². The summed E-state index contributed by atoms with van der Waals surface area (Å²) in [4.78, 5) is 16.4. The van der Waals surface area contributed by atoms with E-state index in [1.807, 2.05) is 20.8 Å². The number of ether oxygens (including phenoxy) is 2. The highest BCUT2D eigenvalue weighted by molar-refractivity contribution is 6.02. The average molecular weight is 249 g/mol. The van der Waals surface area contributed by atoms with E-state index in [1.165, 1.54) is 0 Å². The number of pyridine rings is 1. The summed E-state index contributed by atoms with van der Waals surface area (Å²) in [6, 6.07) is 1.74. The van der Waals surface area contributed by atoms with Crippen LogP contribution in [0.3, 0.4) is 0 Å². The lowest BCUT2D eigenvalue weighted by atomic mass is 9.93. The Morgan fingerprint density at radius 3 is 2.89 bits per heavy atom. The van der Waals surface area contributed by atoms with E-state index >= 15 is 0 Å². The molecule has 0 spiro atoms. The van der Waals surface area contributed by atoms with Crippen molar-refractivity contribution in [2.75, 3.05) is 6.61 Å². The van der Waals surface area contributed by atoms with Gasteiger partial charge in [-0.25, -0.2) is 0 Å². The van der Waals surface area contributed by atoms with Gasteiger partial charge < -0.3 is 9.47 Å². The van der Waals surface area contributed by atoms with Gasteiger partial charge in [-0.05, 0) is 39.7 Å². The fourth-order valence-electron chi connectivity index (χ4n) is 2.14. The maximum absolute atomic E-state index is 12.4. The van der Waals surface area contributed by atoms with Crippen molar-refractivity contribution in [1.29, 1.82) is 0 Å². The minimum Gasteiger partial charge on any atom is -0.489 e. The third-order valence-corrected chi connectivity index (χ3v) is 3.05. The van der Waals surface area contributed by atoms with Crippen LogP contribution in [0.1, 0.15) is 44.0 Å². The number of carbonyl (C=O) groups is 1. The molecule has 2 heterocycles. The summed E-state index contributed by atoms with van der Waals surface area (Å²) in [5.74, 6) is 0.610. The van der Waals surface area contributed by atoms with E-state index in [1.54, 1.807) is 18.5 Å². The predicted molar refractivity (Wildman–Crippen MR) is 67.9 cm³/mol. The van der Waals surface area contributed by atoms with Gasteiger partial charge in [0.25, 0.3) is 0 Å². The lowest BCUT2D eigenvalue weighted by Gasteiger charge is -2.21. The molecule has 1 fully saturated rings. The van der Waals surface area contributed by atoms with Crippen molar-refractivity contribution in [3.05, 3.63) is 24.0 Å². The average Bonchev–Trinajstić information content (AvgIpc) is 2.76. The Bertz CT molecular complexity index is 436. The van der Waals surface area contributed by atoms with E-state index in [2.05, 4.69) is 4.98 Å². The first-order chi connectivity index (χ1) is 8.51. The molecule has 0 aliphatic carbocycles. The van der Waals surface area contributed by atoms with Gasteiger partial charge in [0.2, 0.25) is 0 Å². The van der Waals surface area contributed by atoms with E-state index in [4.69, 9.17) is 9.47 Å². The molecule has 98 valence electrons. The van der Waals surface area contributed by atoms with E-state index < -0.39 is 5.60 Å². The van der Waals surface area contributed by atoms with Gasteiger partial charge in [-0.2, -0.15) is 0 Å². The van der Waals surface area contributed by atoms with Crippen LogP contribution in [0, 0.1) is 0 Å². The molecule has 0 N–H and O–H groups in total. The first kappa shape index (κ1) is 13.0. The lowest BCUT2D eigenvalue weighted by Crippen LogP contribution is -2.34. The van der Waals surface area contributed by atoms with Crippen LogP contribution in [-0.4, -0.2) is 29.1 Å². The molecule has 1 aliphatic heterocycles. The highest BCUT2D eigenvalue weighted by Crippen LogP contribution is 2.29. The Hall–Kier alpha value is -1.42. The minimum atomic E-state index is -0.696. The molecule has 2 rings (SSSR count). The largest absolute Gasteiger partial charge is 0.489 e. The monoisotopic (exact) mass is 249 g/mol. The van der Waals surface area contributed by atoms with Crippen LogP contribution in [0.5, 0.6) is 5.75 Å². The van der Waals surface area contributed by atoms with Crippen LogP contribution >= 0.6 is 0 Å². The zero-order valence-corrected chi connectivity index (χ0v) is 11.1. The Labute approximate surface area is 107 Å². The zero-order chi connectivity index (χ0) is 13.2. The Morgan fingerprint density at radius 1 is 1.50 bits per heavy atom. The minimum absolute atomic E-state index is 0.0123. The van der Waals surface area contributed by atoms with Gasteiger partial charge in [0, 0.05) is 18.4 Å². The summed E-state index contributed by atoms with van der Waals surface area (Å²) in [6.45, 7) is 6.38. The Kier molecular flexibility index (Phi) is 3.66. The normalized spacial score (nSPS) is 23.3. The van der Waals surface area contributed by atoms with Gasteiger partial charge in [-0.1, -0.05) is 0 Å². The number of Topliss-reactive ketones (excluding diaryl/α,β-unsaturated/α-hetero) is 1. The van der Waals surface area contributed by atoms with Crippen molar-refractivity contribution < 1.29 is 14.3 Å². The molecule has 1 aromatic rings. The lowest BCUT2D eigenvalue weighted by molar-refractivity contribution is 0.0213. The van der Waals surface area contributed by atoms with Crippen LogP contribution < -0.4 is 4.74 Å². The molecule has 0 saturated carbocycles. The Balaban J connectivity index is 2.20. The second-order valence-corrected chi connectivity index (χ2v) is 5.09. The second-order valence-electron chi connectivity index (χ2n) is 5.09. The summed E-state index contributed by atoms with van der Waals surface area (Å²) in [6.07, 6.45) is 4.95. The summed E-state index contributed by atoms with van der Waals surface area (Å²) >= 11 is 0. The Morgan fingerprint density at radius 2 is 2.28 bits per heavy atom. The summed E-state index contributed by atoms with van der Waals surface area (Å²) in [7, 11) is 0. The molecule has 0 aromatic carbocycles. The summed E-state index contributed by atoms with van der Waals surface area (Å²) in [5, 5.41) is 0. The van der Waals surface area contributed by atoms with Gasteiger partial charge in [0.1, 0.15) is 11.4 Å². The summed E-state index contributed by atoms with van der Waals surface area (Å²) < 4.78 is 11.1. The van der Waals surface area contributed by atoms with Crippen LogP contribution in [0.25, 0.3) is 0 Å². The van der Waals surface area contributed by atoms with Crippen molar-refractivity contribution in [1.82, 2.24) is 4.98 Å². The van der Waals surface area contributed by atoms with Crippen molar-refractivity contribution in [3.63, 3.8) is 0 Å². The smallest absolute Gasteiger partial charge is 0.196 e. The molecule has 1 unspecified atom stereocenters. The molecule has 1 atom stereocenters. The zero-order valence-electron chi connectivity index (χ0n) is 11.1. The number of carbonyl (C=O) groups excluding carboxylic acids is 1. The van der Waals surface area contributed by atoms with E-state index in [0.29, 0.717) is 17.9 Å². The van der Waals surface area contributed by atoms with E-state index in [-0.39, 0.29) is 11.9 Å². The topological polar surface area (TPSA) is 48.4 Å². The fourth-order valence-corrected chi connectivity index (χ4v) is 2.14. The van der Waals surface area contributed by atoms with Gasteiger partial charge in [-0.15, -0.1) is 0 Å². The molecular formula is C14H19NO3. The number of rotatable bonds is 4. The molecule has 0 amide bonds. The number of nitrogens with zero attached hydrogens (tertiary/aromatic N) is 1. The molecule has 1 aliphatic rings. The molecule has 0 bridgehead atoms. The van der Waals surface area contributed by atoms with E-state index in [0.717, 1.165) is 12.8 Å². The molecular weight excluding hydrogens is 230 g/mol. The number of hydrogen-bond donors (Lipinski definition) is 0. The molecule has 0 radical (unpaired) electrons. The molecule has 1 saturated heterocycles. The third-order valence-electron chi connectivity index (χ3n) is 3.05. The standard InChI is InChI=1S/C14H19NO3/c1-10(2)18-12-7-11(8-15-9-12)13(16)14(3)5-4-6-17-14/h7-10H,4-6H2,1-3H3. The van der Waals surface area contributed by atoms with Gasteiger partial charge in [-0.3, -0.25) is 9.78 Å². The highest BCUT2D eigenvalue weighted by Gasteiger charge is 2.38. The molecule has 4 heteroatoms. The maximum Gasteiger partial charge on any atom is 0.196 e. The maximum atomic E-state index is 12.4. The second kappa shape index (κ2) is 5.06. The SMILES string of the molecule is CC(C)Oc1cncc(C(=O)C2(C)CCCO2)c1. The first-order valence-corrected chi connectivity index (χ1v) is 6.32. The van der Waals surface area contributed by atoms with Crippen molar-refractivity contribution in [3.8, 4) is 5.75 Å². The fraction of sp³-hybridized carbons (Fsp3) is 0.571. The molecule has 1 aromatic heterocycles. The van der Waals surface area contributed by atoms with Gasteiger partial charge in [0.05, 0.1) is 12.3 Å². The van der Waals surface area contributed by atoms with Crippen LogP contribution in [-0.2, 0) is 4.74 Å². The van der Waals surface area contributed by atoms with Crippen LogP contribution in [0.4, 0.5) is 0 Å². The van der Waals surface area contributed by atoms with Gasteiger partial charge in [0.15, 0.2) is 5.78 Å². The predicted octanol–water partition coefficient (Wildman–Crippen LogP) is 2.62.